The van der Waals surface area contributed by atoms with Crippen molar-refractivity contribution in [1.29, 1.82) is 0 Å². The minimum atomic E-state index is -0.901. The van der Waals surface area contributed by atoms with Crippen LogP contribution in [-0.2, 0) is 16.0 Å². The Morgan fingerprint density at radius 3 is 2.95 bits per heavy atom. The maximum atomic E-state index is 10.8. The monoisotopic (exact) mass is 284 g/mol. The zero-order chi connectivity index (χ0) is 13.8. The summed E-state index contributed by atoms with van der Waals surface area (Å²) in [4.78, 5) is 10.8. The highest BCUT2D eigenvalue weighted by atomic mass is 35.5. The normalized spacial score (nSPS) is 22.4. The standard InChI is InChI=1S/C14H17ClO4/c1-2-9-7-10(3-5-12(9)15)18-8-11-4-6-13(19-11)14(16)17/h3,5,7,11,13H,2,4,6,8H2,1H3,(H,16,17). The summed E-state index contributed by atoms with van der Waals surface area (Å²) in [6, 6.07) is 5.53. The van der Waals surface area contributed by atoms with Crippen molar-refractivity contribution in [3.63, 3.8) is 0 Å². The van der Waals surface area contributed by atoms with Crippen molar-refractivity contribution in [3.8, 4) is 5.75 Å². The van der Waals surface area contributed by atoms with Gasteiger partial charge in [0.15, 0.2) is 6.10 Å². The zero-order valence-electron chi connectivity index (χ0n) is 10.8. The first-order valence-corrected chi connectivity index (χ1v) is 6.77. The van der Waals surface area contributed by atoms with Gasteiger partial charge in [-0.05, 0) is 43.0 Å². The van der Waals surface area contributed by atoms with Crippen LogP contribution in [0.4, 0.5) is 0 Å². The van der Waals surface area contributed by atoms with Crippen LogP contribution in [0.1, 0.15) is 25.3 Å². The number of hydrogen-bond acceptors (Lipinski definition) is 3. The third kappa shape index (κ3) is 3.61. The van der Waals surface area contributed by atoms with Crippen molar-refractivity contribution >= 4 is 17.6 Å². The van der Waals surface area contributed by atoms with Crippen LogP contribution in [0.2, 0.25) is 5.02 Å². The molecule has 5 heteroatoms. The van der Waals surface area contributed by atoms with Crippen LogP contribution >= 0.6 is 11.6 Å². The van der Waals surface area contributed by atoms with Gasteiger partial charge in [0.1, 0.15) is 12.4 Å². The lowest BCUT2D eigenvalue weighted by atomic mass is 10.1. The summed E-state index contributed by atoms with van der Waals surface area (Å²) >= 11 is 6.03. The van der Waals surface area contributed by atoms with Crippen molar-refractivity contribution in [2.24, 2.45) is 0 Å². The van der Waals surface area contributed by atoms with E-state index in [1.165, 1.54) is 0 Å². The second-order valence-electron chi connectivity index (χ2n) is 4.58. The quantitative estimate of drug-likeness (QED) is 0.903. The summed E-state index contributed by atoms with van der Waals surface area (Å²) in [5.41, 5.74) is 1.04. The van der Waals surface area contributed by atoms with Gasteiger partial charge < -0.3 is 14.6 Å². The first-order chi connectivity index (χ1) is 9.10. The van der Waals surface area contributed by atoms with Gasteiger partial charge >= 0.3 is 5.97 Å². The molecule has 1 N–H and O–H groups in total. The number of aryl methyl sites for hydroxylation is 1. The van der Waals surface area contributed by atoms with Gasteiger partial charge in [0.2, 0.25) is 0 Å². The van der Waals surface area contributed by atoms with Crippen molar-refractivity contribution in [1.82, 2.24) is 0 Å². The smallest absolute Gasteiger partial charge is 0.332 e. The molecule has 1 heterocycles. The summed E-state index contributed by atoms with van der Waals surface area (Å²) in [6.45, 7) is 2.40. The van der Waals surface area contributed by atoms with E-state index < -0.39 is 12.1 Å². The molecular formula is C14H17ClO4. The Morgan fingerprint density at radius 1 is 1.53 bits per heavy atom. The molecule has 1 fully saturated rings. The van der Waals surface area contributed by atoms with Crippen molar-refractivity contribution in [2.45, 2.75) is 38.4 Å². The largest absolute Gasteiger partial charge is 0.491 e. The van der Waals surface area contributed by atoms with E-state index in [-0.39, 0.29) is 6.10 Å². The highest BCUT2D eigenvalue weighted by molar-refractivity contribution is 6.31. The summed E-state index contributed by atoms with van der Waals surface area (Å²) in [5.74, 6) is -0.161. The molecule has 0 saturated carbocycles. The summed E-state index contributed by atoms with van der Waals surface area (Å²) < 4.78 is 11.0. The van der Waals surface area contributed by atoms with E-state index in [4.69, 9.17) is 26.2 Å². The second kappa shape index (κ2) is 6.26. The molecule has 2 atom stereocenters. The molecule has 1 aromatic carbocycles. The zero-order valence-corrected chi connectivity index (χ0v) is 11.5. The molecule has 19 heavy (non-hydrogen) atoms. The Balaban J connectivity index is 1.88. The first kappa shape index (κ1) is 14.2. The van der Waals surface area contributed by atoms with E-state index >= 15 is 0 Å². The molecule has 0 spiro atoms. The van der Waals surface area contributed by atoms with E-state index in [0.29, 0.717) is 19.4 Å². The van der Waals surface area contributed by atoms with Crippen molar-refractivity contribution in [2.75, 3.05) is 6.61 Å². The predicted octanol–water partition coefficient (Wildman–Crippen LogP) is 2.91. The minimum absolute atomic E-state index is 0.151. The average molecular weight is 285 g/mol. The van der Waals surface area contributed by atoms with Gasteiger partial charge in [0, 0.05) is 5.02 Å². The van der Waals surface area contributed by atoms with Gasteiger partial charge in [-0.1, -0.05) is 18.5 Å². The molecule has 1 aromatic rings. The van der Waals surface area contributed by atoms with E-state index in [2.05, 4.69) is 0 Å². The fraction of sp³-hybridized carbons (Fsp3) is 0.500. The van der Waals surface area contributed by atoms with Crippen molar-refractivity contribution < 1.29 is 19.4 Å². The van der Waals surface area contributed by atoms with Gasteiger partial charge in [0.05, 0.1) is 6.10 Å². The molecule has 1 aliphatic heterocycles. The van der Waals surface area contributed by atoms with E-state index in [1.54, 1.807) is 0 Å². The third-order valence-electron chi connectivity index (χ3n) is 3.22. The van der Waals surface area contributed by atoms with Crippen molar-refractivity contribution in [3.05, 3.63) is 28.8 Å². The highest BCUT2D eigenvalue weighted by Crippen LogP contribution is 2.24. The fourth-order valence-corrected chi connectivity index (χ4v) is 2.36. The van der Waals surface area contributed by atoms with Gasteiger partial charge in [0.25, 0.3) is 0 Å². The van der Waals surface area contributed by atoms with Gasteiger partial charge in [-0.3, -0.25) is 0 Å². The maximum Gasteiger partial charge on any atom is 0.332 e. The molecule has 0 aliphatic carbocycles. The molecule has 1 aliphatic rings. The number of carboxylic acid groups (broad SMARTS) is 1. The van der Waals surface area contributed by atoms with Crippen LogP contribution < -0.4 is 4.74 Å². The van der Waals surface area contributed by atoms with E-state index in [1.807, 2.05) is 25.1 Å². The molecule has 2 unspecified atom stereocenters. The molecule has 1 saturated heterocycles. The fourth-order valence-electron chi connectivity index (χ4n) is 2.11. The number of carboxylic acids is 1. The number of carbonyl (C=O) groups is 1. The van der Waals surface area contributed by atoms with Crippen LogP contribution in [0.3, 0.4) is 0 Å². The lowest BCUT2D eigenvalue weighted by molar-refractivity contribution is -0.149. The van der Waals surface area contributed by atoms with E-state index in [9.17, 15) is 4.79 Å². The number of aliphatic carboxylic acids is 1. The molecule has 0 aromatic heterocycles. The molecule has 0 bridgehead atoms. The number of ether oxygens (including phenoxy) is 2. The Morgan fingerprint density at radius 2 is 2.32 bits per heavy atom. The van der Waals surface area contributed by atoms with E-state index in [0.717, 1.165) is 22.8 Å². The van der Waals surface area contributed by atoms with Crippen LogP contribution in [0.5, 0.6) is 5.75 Å². The molecule has 0 amide bonds. The number of benzene rings is 1. The van der Waals surface area contributed by atoms with Gasteiger partial charge in [-0.2, -0.15) is 0 Å². The lowest BCUT2D eigenvalue weighted by Crippen LogP contribution is -2.23. The molecule has 4 nitrogen and oxygen atoms in total. The highest BCUT2D eigenvalue weighted by Gasteiger charge is 2.30. The summed E-state index contributed by atoms with van der Waals surface area (Å²) in [6.07, 6.45) is 1.26. The SMILES string of the molecule is CCc1cc(OCC2CCC(C(=O)O)O2)ccc1Cl. The average Bonchev–Trinajstić information content (AvgIpc) is 2.87. The Labute approximate surface area is 117 Å². The van der Waals surface area contributed by atoms with Gasteiger partial charge in [-0.25, -0.2) is 4.79 Å². The van der Waals surface area contributed by atoms with Crippen LogP contribution in [0.25, 0.3) is 0 Å². The maximum absolute atomic E-state index is 10.8. The van der Waals surface area contributed by atoms with Crippen LogP contribution in [0.15, 0.2) is 18.2 Å². The Kier molecular flexibility index (Phi) is 4.66. The minimum Gasteiger partial charge on any atom is -0.491 e. The molecule has 104 valence electrons. The predicted molar refractivity (Wildman–Crippen MR) is 71.9 cm³/mol. The molecule has 2 rings (SSSR count). The topological polar surface area (TPSA) is 55.8 Å². The lowest BCUT2D eigenvalue weighted by Gasteiger charge is -2.13. The number of halogens is 1. The van der Waals surface area contributed by atoms with Crippen LogP contribution in [-0.4, -0.2) is 29.9 Å². The molecular weight excluding hydrogens is 268 g/mol. The second-order valence-corrected chi connectivity index (χ2v) is 4.99. The first-order valence-electron chi connectivity index (χ1n) is 6.39. The summed E-state index contributed by atoms with van der Waals surface area (Å²) in [5, 5.41) is 9.57. The Hall–Kier alpha value is -1.26. The Bertz CT molecular complexity index is 461. The summed E-state index contributed by atoms with van der Waals surface area (Å²) in [7, 11) is 0. The number of hydrogen-bond donors (Lipinski definition) is 1. The van der Waals surface area contributed by atoms with Gasteiger partial charge in [-0.15, -0.1) is 0 Å². The molecule has 0 radical (unpaired) electrons. The van der Waals surface area contributed by atoms with Crippen LogP contribution in [0, 0.1) is 0 Å². The number of rotatable bonds is 5. The third-order valence-corrected chi connectivity index (χ3v) is 3.59.